The molecule has 0 aliphatic rings. The number of hydrogen-bond acceptors (Lipinski definition) is 4. The lowest BCUT2D eigenvalue weighted by Gasteiger charge is -2.11. The third kappa shape index (κ3) is 4.18. The number of aryl methyl sites for hydroxylation is 1. The second-order valence-electron chi connectivity index (χ2n) is 4.10. The smallest absolute Gasteiger partial charge is 0.387 e. The van der Waals surface area contributed by atoms with Crippen LogP contribution in [0.15, 0.2) is 28.8 Å². The minimum atomic E-state index is -2.87. The Morgan fingerprint density at radius 3 is 2.85 bits per heavy atom. The quantitative estimate of drug-likeness (QED) is 0.887. The first kappa shape index (κ1) is 14.7. The van der Waals surface area contributed by atoms with Gasteiger partial charge in [0.25, 0.3) is 0 Å². The van der Waals surface area contributed by atoms with Crippen LogP contribution in [0.25, 0.3) is 0 Å². The summed E-state index contributed by atoms with van der Waals surface area (Å²) in [6.07, 6.45) is 1.61. The summed E-state index contributed by atoms with van der Waals surface area (Å²) < 4.78 is 34.3. The molecule has 20 heavy (non-hydrogen) atoms. The van der Waals surface area contributed by atoms with E-state index < -0.39 is 6.61 Å². The first-order valence-electron chi connectivity index (χ1n) is 5.90. The van der Waals surface area contributed by atoms with Crippen LogP contribution < -0.4 is 10.1 Å². The predicted molar refractivity (Wildman–Crippen MR) is 69.9 cm³/mol. The van der Waals surface area contributed by atoms with Crippen molar-refractivity contribution < 1.29 is 17.9 Å². The van der Waals surface area contributed by atoms with Crippen molar-refractivity contribution in [2.24, 2.45) is 0 Å². The molecule has 0 fully saturated rings. The van der Waals surface area contributed by atoms with Crippen molar-refractivity contribution in [2.75, 3.05) is 0 Å². The highest BCUT2D eigenvalue weighted by atomic mass is 35.5. The molecule has 0 aliphatic carbocycles. The first-order chi connectivity index (χ1) is 9.54. The van der Waals surface area contributed by atoms with Gasteiger partial charge in [0.15, 0.2) is 0 Å². The van der Waals surface area contributed by atoms with Crippen LogP contribution in [0.1, 0.15) is 17.2 Å². The maximum atomic E-state index is 12.3. The number of benzene rings is 1. The van der Waals surface area contributed by atoms with E-state index in [1.807, 2.05) is 0 Å². The molecule has 0 unspecified atom stereocenters. The normalized spacial score (nSPS) is 11.1. The Morgan fingerprint density at radius 1 is 1.40 bits per heavy atom. The van der Waals surface area contributed by atoms with E-state index in [0.29, 0.717) is 35.3 Å². The zero-order valence-corrected chi connectivity index (χ0v) is 11.5. The standard InChI is InChI=1S/C13H13ClF2N2O2/c1-8-5-18-12(19-8)7-17-6-9-4-10(14)2-3-11(9)20-13(15)16/h2-5,13,17H,6-7H2,1H3. The molecule has 0 aliphatic heterocycles. The van der Waals surface area contributed by atoms with Crippen LogP contribution in [0, 0.1) is 6.92 Å². The number of rotatable bonds is 6. The first-order valence-corrected chi connectivity index (χ1v) is 6.27. The van der Waals surface area contributed by atoms with Gasteiger partial charge in [-0.25, -0.2) is 4.98 Å². The maximum absolute atomic E-state index is 12.3. The molecule has 1 aromatic heterocycles. The van der Waals surface area contributed by atoms with Crippen molar-refractivity contribution in [3.8, 4) is 5.75 Å². The summed E-state index contributed by atoms with van der Waals surface area (Å²) in [6, 6.07) is 4.49. The monoisotopic (exact) mass is 302 g/mol. The van der Waals surface area contributed by atoms with Gasteiger partial charge in [0.05, 0.1) is 12.7 Å². The molecule has 0 saturated heterocycles. The van der Waals surface area contributed by atoms with E-state index in [0.717, 1.165) is 0 Å². The number of aromatic nitrogens is 1. The fraction of sp³-hybridized carbons (Fsp3) is 0.308. The highest BCUT2D eigenvalue weighted by Crippen LogP contribution is 2.24. The Morgan fingerprint density at radius 2 is 2.20 bits per heavy atom. The molecule has 4 nitrogen and oxygen atoms in total. The van der Waals surface area contributed by atoms with E-state index in [2.05, 4.69) is 15.0 Å². The van der Waals surface area contributed by atoms with Gasteiger partial charge in [0.2, 0.25) is 5.89 Å². The van der Waals surface area contributed by atoms with Crippen molar-refractivity contribution in [3.05, 3.63) is 46.6 Å². The summed E-state index contributed by atoms with van der Waals surface area (Å²) in [7, 11) is 0. The molecule has 2 rings (SSSR count). The molecule has 1 aromatic carbocycles. The second-order valence-corrected chi connectivity index (χ2v) is 4.54. The van der Waals surface area contributed by atoms with Crippen LogP contribution in [-0.4, -0.2) is 11.6 Å². The van der Waals surface area contributed by atoms with Gasteiger partial charge < -0.3 is 14.5 Å². The van der Waals surface area contributed by atoms with E-state index in [-0.39, 0.29) is 5.75 Å². The number of nitrogens with zero attached hydrogens (tertiary/aromatic N) is 1. The number of ether oxygens (including phenoxy) is 1. The highest BCUT2D eigenvalue weighted by Gasteiger charge is 2.10. The number of halogens is 3. The lowest BCUT2D eigenvalue weighted by atomic mass is 10.2. The van der Waals surface area contributed by atoms with Gasteiger partial charge >= 0.3 is 6.61 Å². The SMILES string of the molecule is Cc1cnc(CNCc2cc(Cl)ccc2OC(F)F)o1. The molecule has 0 spiro atoms. The predicted octanol–water partition coefficient (Wildman–Crippen LogP) is 3.53. The van der Waals surface area contributed by atoms with Crippen molar-refractivity contribution in [1.82, 2.24) is 10.3 Å². The summed E-state index contributed by atoms with van der Waals surface area (Å²) in [5.41, 5.74) is 0.543. The molecule has 0 bridgehead atoms. The Balaban J connectivity index is 1.98. The lowest BCUT2D eigenvalue weighted by molar-refractivity contribution is -0.0505. The second kappa shape index (κ2) is 6.67. The molecule has 0 atom stereocenters. The zero-order valence-electron chi connectivity index (χ0n) is 10.7. The molecular formula is C13H13ClF2N2O2. The van der Waals surface area contributed by atoms with Gasteiger partial charge in [0.1, 0.15) is 11.5 Å². The fourth-order valence-electron chi connectivity index (χ4n) is 1.68. The van der Waals surface area contributed by atoms with E-state index in [1.165, 1.54) is 12.1 Å². The Labute approximate surface area is 119 Å². The minimum absolute atomic E-state index is 0.0977. The number of nitrogens with one attached hydrogen (secondary N) is 1. The highest BCUT2D eigenvalue weighted by molar-refractivity contribution is 6.30. The Bertz CT molecular complexity index is 575. The van der Waals surface area contributed by atoms with Gasteiger partial charge in [-0.05, 0) is 25.1 Å². The van der Waals surface area contributed by atoms with Gasteiger partial charge in [0, 0.05) is 17.1 Å². The summed E-state index contributed by atoms with van der Waals surface area (Å²) in [5.74, 6) is 1.34. The summed E-state index contributed by atoms with van der Waals surface area (Å²) in [5, 5.41) is 3.49. The number of hydrogen-bond donors (Lipinski definition) is 1. The summed E-state index contributed by atoms with van der Waals surface area (Å²) in [6.45, 7) is -0.384. The fourth-order valence-corrected chi connectivity index (χ4v) is 1.88. The van der Waals surface area contributed by atoms with E-state index in [4.69, 9.17) is 16.0 Å². The molecule has 7 heteroatoms. The maximum Gasteiger partial charge on any atom is 0.387 e. The average Bonchev–Trinajstić information content (AvgIpc) is 2.78. The Kier molecular flexibility index (Phi) is 4.92. The van der Waals surface area contributed by atoms with Crippen LogP contribution in [0.3, 0.4) is 0 Å². The molecule has 0 radical (unpaired) electrons. The van der Waals surface area contributed by atoms with E-state index >= 15 is 0 Å². The van der Waals surface area contributed by atoms with Crippen molar-refractivity contribution >= 4 is 11.6 Å². The van der Waals surface area contributed by atoms with Crippen LogP contribution in [-0.2, 0) is 13.1 Å². The molecular weight excluding hydrogens is 290 g/mol. The van der Waals surface area contributed by atoms with Gasteiger partial charge in [-0.15, -0.1) is 0 Å². The largest absolute Gasteiger partial charge is 0.445 e. The molecule has 0 amide bonds. The van der Waals surface area contributed by atoms with Crippen molar-refractivity contribution in [2.45, 2.75) is 26.6 Å². The van der Waals surface area contributed by atoms with E-state index in [9.17, 15) is 8.78 Å². The Hall–Kier alpha value is -1.66. The number of alkyl halides is 2. The topological polar surface area (TPSA) is 47.3 Å². The zero-order chi connectivity index (χ0) is 14.5. The van der Waals surface area contributed by atoms with Crippen LogP contribution in [0.2, 0.25) is 5.02 Å². The summed E-state index contributed by atoms with van der Waals surface area (Å²) in [4.78, 5) is 4.03. The average molecular weight is 303 g/mol. The third-order valence-corrected chi connectivity index (χ3v) is 2.73. The lowest BCUT2D eigenvalue weighted by Crippen LogP contribution is -2.14. The number of oxazole rings is 1. The van der Waals surface area contributed by atoms with Crippen molar-refractivity contribution in [3.63, 3.8) is 0 Å². The summed E-state index contributed by atoms with van der Waals surface area (Å²) >= 11 is 5.85. The van der Waals surface area contributed by atoms with Crippen molar-refractivity contribution in [1.29, 1.82) is 0 Å². The van der Waals surface area contributed by atoms with Gasteiger partial charge in [-0.3, -0.25) is 0 Å². The molecule has 2 aromatic rings. The minimum Gasteiger partial charge on any atom is -0.445 e. The van der Waals surface area contributed by atoms with Crippen LogP contribution in [0.5, 0.6) is 5.75 Å². The molecule has 1 heterocycles. The van der Waals surface area contributed by atoms with E-state index in [1.54, 1.807) is 19.2 Å². The molecule has 0 saturated carbocycles. The van der Waals surface area contributed by atoms with Gasteiger partial charge in [-0.1, -0.05) is 11.6 Å². The van der Waals surface area contributed by atoms with Crippen LogP contribution in [0.4, 0.5) is 8.78 Å². The van der Waals surface area contributed by atoms with Gasteiger partial charge in [-0.2, -0.15) is 8.78 Å². The molecule has 1 N–H and O–H groups in total. The molecule has 108 valence electrons. The van der Waals surface area contributed by atoms with Crippen LogP contribution >= 0.6 is 11.6 Å². The third-order valence-electron chi connectivity index (χ3n) is 2.50.